The number of ether oxygens (including phenoxy) is 3. The number of carbonyl (C=O) groups is 1. The van der Waals surface area contributed by atoms with Gasteiger partial charge in [-0.25, -0.2) is 0 Å². The quantitative estimate of drug-likeness (QED) is 0.597. The fourth-order valence-corrected chi connectivity index (χ4v) is 2.01. The second kappa shape index (κ2) is 8.08. The molecule has 5 nitrogen and oxygen atoms in total. The normalized spacial score (nSPS) is 10.2. The number of hydrogen-bond donors (Lipinski definition) is 1. The summed E-state index contributed by atoms with van der Waals surface area (Å²) >= 11 is 0. The van der Waals surface area contributed by atoms with E-state index in [0.717, 1.165) is 11.5 Å². The Bertz CT molecular complexity index is 649. The van der Waals surface area contributed by atoms with Crippen molar-refractivity contribution in [2.24, 2.45) is 0 Å². The lowest BCUT2D eigenvalue weighted by molar-refractivity contribution is 0.101. The Morgan fingerprint density at radius 1 is 0.957 bits per heavy atom. The van der Waals surface area contributed by atoms with Crippen LogP contribution in [-0.4, -0.2) is 31.2 Å². The number of hydrogen-bond acceptors (Lipinski definition) is 5. The van der Waals surface area contributed by atoms with Gasteiger partial charge in [0.25, 0.3) is 0 Å². The molecule has 0 unspecified atom stereocenters. The van der Waals surface area contributed by atoms with Gasteiger partial charge in [0, 0.05) is 12.5 Å². The van der Waals surface area contributed by atoms with Crippen LogP contribution in [0.5, 0.6) is 23.0 Å². The highest BCUT2D eigenvalue weighted by atomic mass is 16.5. The summed E-state index contributed by atoms with van der Waals surface area (Å²) in [6.07, 6.45) is 0.696. The third kappa shape index (κ3) is 4.92. The van der Waals surface area contributed by atoms with Crippen LogP contribution in [0.15, 0.2) is 42.5 Å². The minimum Gasteiger partial charge on any atom is -0.507 e. The van der Waals surface area contributed by atoms with Crippen LogP contribution in [0, 0.1) is 0 Å². The van der Waals surface area contributed by atoms with E-state index in [1.165, 1.54) is 13.0 Å². The summed E-state index contributed by atoms with van der Waals surface area (Å²) in [4.78, 5) is 11.2. The molecule has 0 heterocycles. The predicted molar refractivity (Wildman–Crippen MR) is 86.7 cm³/mol. The zero-order valence-corrected chi connectivity index (χ0v) is 13.2. The van der Waals surface area contributed by atoms with Gasteiger partial charge < -0.3 is 19.3 Å². The van der Waals surface area contributed by atoms with Crippen molar-refractivity contribution in [3.8, 4) is 23.0 Å². The minimum absolute atomic E-state index is 0.0653. The van der Waals surface area contributed by atoms with Crippen molar-refractivity contribution >= 4 is 5.78 Å². The maximum absolute atomic E-state index is 11.2. The highest BCUT2D eigenvalue weighted by Gasteiger charge is 2.07. The summed E-state index contributed by atoms with van der Waals surface area (Å²) in [6.45, 7) is 2.38. The molecule has 0 aliphatic carbocycles. The fraction of sp³-hybridized carbons (Fsp3) is 0.278. The van der Waals surface area contributed by atoms with Crippen LogP contribution in [0.1, 0.15) is 23.7 Å². The van der Waals surface area contributed by atoms with E-state index in [9.17, 15) is 9.90 Å². The largest absolute Gasteiger partial charge is 0.507 e. The molecule has 0 aromatic heterocycles. The smallest absolute Gasteiger partial charge is 0.163 e. The lowest BCUT2D eigenvalue weighted by atomic mass is 10.1. The number of phenols is 1. The number of Topliss-reactive ketones (excluding diaryl/α,β-unsaturated/α-hetero) is 1. The van der Waals surface area contributed by atoms with Gasteiger partial charge in [0.1, 0.15) is 23.0 Å². The molecule has 2 aromatic rings. The van der Waals surface area contributed by atoms with Gasteiger partial charge in [-0.3, -0.25) is 4.79 Å². The standard InChI is InChI=1S/C18H20O5/c1-13(19)17-9-8-16(12-18(17)20)23-11-3-10-22-15-6-4-14(21-2)5-7-15/h4-9,12,20H,3,10-11H2,1-2H3. The van der Waals surface area contributed by atoms with E-state index in [0.29, 0.717) is 30.9 Å². The van der Waals surface area contributed by atoms with E-state index in [4.69, 9.17) is 14.2 Å². The Hall–Kier alpha value is -2.69. The molecule has 1 N–H and O–H groups in total. The van der Waals surface area contributed by atoms with Crippen LogP contribution >= 0.6 is 0 Å². The van der Waals surface area contributed by atoms with Gasteiger partial charge in [0.15, 0.2) is 5.78 Å². The third-order valence-corrected chi connectivity index (χ3v) is 3.23. The molecule has 0 radical (unpaired) electrons. The van der Waals surface area contributed by atoms with Gasteiger partial charge in [0.05, 0.1) is 25.9 Å². The lowest BCUT2D eigenvalue weighted by Crippen LogP contribution is -2.05. The molecule has 2 aromatic carbocycles. The van der Waals surface area contributed by atoms with E-state index >= 15 is 0 Å². The van der Waals surface area contributed by atoms with Gasteiger partial charge in [0.2, 0.25) is 0 Å². The molecule has 0 fully saturated rings. The zero-order valence-electron chi connectivity index (χ0n) is 13.2. The summed E-state index contributed by atoms with van der Waals surface area (Å²) in [5, 5.41) is 9.72. The first-order valence-corrected chi connectivity index (χ1v) is 7.34. The first kappa shape index (κ1) is 16.7. The summed E-state index contributed by atoms with van der Waals surface area (Å²) < 4.78 is 16.2. The molecule has 5 heteroatoms. The second-order valence-corrected chi connectivity index (χ2v) is 4.96. The fourth-order valence-electron chi connectivity index (χ4n) is 2.01. The van der Waals surface area contributed by atoms with Crippen LogP contribution in [0.25, 0.3) is 0 Å². The first-order valence-electron chi connectivity index (χ1n) is 7.34. The van der Waals surface area contributed by atoms with E-state index in [1.54, 1.807) is 19.2 Å². The average molecular weight is 316 g/mol. The summed E-state index contributed by atoms with van der Waals surface area (Å²) in [5.41, 5.74) is 0.292. The predicted octanol–water partition coefficient (Wildman–Crippen LogP) is 3.45. The molecule has 122 valence electrons. The zero-order chi connectivity index (χ0) is 16.7. The molecule has 0 aliphatic rings. The van der Waals surface area contributed by atoms with Gasteiger partial charge in [-0.1, -0.05) is 0 Å². The summed E-state index contributed by atoms with van der Waals surface area (Å²) in [7, 11) is 1.62. The number of benzene rings is 2. The van der Waals surface area contributed by atoms with Crippen molar-refractivity contribution in [2.45, 2.75) is 13.3 Å². The van der Waals surface area contributed by atoms with Crippen LogP contribution in [0.4, 0.5) is 0 Å². The highest BCUT2D eigenvalue weighted by Crippen LogP contribution is 2.24. The maximum atomic E-state index is 11.2. The Morgan fingerprint density at radius 3 is 2.09 bits per heavy atom. The summed E-state index contributed by atoms with van der Waals surface area (Å²) in [6, 6.07) is 12.0. The number of aromatic hydroxyl groups is 1. The Morgan fingerprint density at radius 2 is 1.52 bits per heavy atom. The molecule has 0 aliphatic heterocycles. The number of rotatable bonds is 8. The summed E-state index contributed by atoms with van der Waals surface area (Å²) in [5.74, 6) is 1.84. The van der Waals surface area contributed by atoms with Crippen molar-refractivity contribution in [1.29, 1.82) is 0 Å². The third-order valence-electron chi connectivity index (χ3n) is 3.23. The minimum atomic E-state index is -0.179. The molecule has 0 bridgehead atoms. The SMILES string of the molecule is COc1ccc(OCCCOc2ccc(C(C)=O)c(O)c2)cc1. The van der Waals surface area contributed by atoms with Crippen LogP contribution in [-0.2, 0) is 0 Å². The van der Waals surface area contributed by atoms with Crippen LogP contribution in [0.3, 0.4) is 0 Å². The van der Waals surface area contributed by atoms with Crippen LogP contribution in [0.2, 0.25) is 0 Å². The van der Waals surface area contributed by atoms with Crippen molar-refractivity contribution in [2.75, 3.05) is 20.3 Å². The Balaban J connectivity index is 1.72. The number of carbonyl (C=O) groups excluding carboxylic acids is 1. The van der Waals surface area contributed by atoms with E-state index in [-0.39, 0.29) is 11.5 Å². The monoisotopic (exact) mass is 316 g/mol. The Labute approximate surface area is 135 Å². The highest BCUT2D eigenvalue weighted by molar-refractivity contribution is 5.96. The topological polar surface area (TPSA) is 65.0 Å². The lowest BCUT2D eigenvalue weighted by Gasteiger charge is -2.09. The molecular weight excluding hydrogens is 296 g/mol. The van der Waals surface area contributed by atoms with Gasteiger partial charge in [-0.05, 0) is 43.3 Å². The van der Waals surface area contributed by atoms with Crippen molar-refractivity contribution < 1.29 is 24.1 Å². The number of phenolic OH excluding ortho intramolecular Hbond substituents is 1. The van der Waals surface area contributed by atoms with Gasteiger partial charge in [-0.2, -0.15) is 0 Å². The van der Waals surface area contributed by atoms with Gasteiger partial charge >= 0.3 is 0 Å². The van der Waals surface area contributed by atoms with E-state index in [1.807, 2.05) is 24.3 Å². The second-order valence-electron chi connectivity index (χ2n) is 4.96. The van der Waals surface area contributed by atoms with E-state index < -0.39 is 0 Å². The van der Waals surface area contributed by atoms with Crippen LogP contribution < -0.4 is 14.2 Å². The van der Waals surface area contributed by atoms with Crippen molar-refractivity contribution in [3.63, 3.8) is 0 Å². The average Bonchev–Trinajstić information content (AvgIpc) is 2.55. The molecule has 0 saturated heterocycles. The molecule has 0 saturated carbocycles. The number of ketones is 1. The van der Waals surface area contributed by atoms with Crippen molar-refractivity contribution in [3.05, 3.63) is 48.0 Å². The molecule has 0 spiro atoms. The Kier molecular flexibility index (Phi) is 5.86. The maximum Gasteiger partial charge on any atom is 0.163 e. The van der Waals surface area contributed by atoms with E-state index in [2.05, 4.69) is 0 Å². The molecule has 2 rings (SSSR count). The van der Waals surface area contributed by atoms with Gasteiger partial charge in [-0.15, -0.1) is 0 Å². The first-order chi connectivity index (χ1) is 11.1. The molecule has 23 heavy (non-hydrogen) atoms. The van der Waals surface area contributed by atoms with Crippen molar-refractivity contribution in [1.82, 2.24) is 0 Å². The number of methoxy groups -OCH3 is 1. The molecule has 0 amide bonds. The molecule has 0 atom stereocenters. The molecular formula is C18H20O5.